The van der Waals surface area contributed by atoms with Gasteiger partial charge in [0, 0.05) is 22.3 Å². The molecule has 3 rings (SSSR count). The third-order valence-electron chi connectivity index (χ3n) is 4.55. The van der Waals surface area contributed by atoms with Gasteiger partial charge in [-0.3, -0.25) is 0 Å². The van der Waals surface area contributed by atoms with Crippen LogP contribution in [0.15, 0.2) is 63.3 Å². The summed E-state index contributed by atoms with van der Waals surface area (Å²) in [5, 5.41) is 23.5. The second-order valence-corrected chi connectivity index (χ2v) is 6.14. The maximum atomic E-state index is 8.77. The Bertz CT molecular complexity index is 935. The number of furan rings is 1. The summed E-state index contributed by atoms with van der Waals surface area (Å²) < 4.78 is 6.15. The van der Waals surface area contributed by atoms with Crippen LogP contribution in [0.5, 0.6) is 0 Å². The molecule has 0 saturated carbocycles. The molecule has 0 aliphatic rings. The van der Waals surface area contributed by atoms with E-state index in [0.29, 0.717) is 11.1 Å². The van der Waals surface area contributed by atoms with Crippen molar-refractivity contribution in [1.29, 1.82) is 0 Å². The highest BCUT2D eigenvalue weighted by Crippen LogP contribution is 2.36. The Balaban J connectivity index is 1.99. The van der Waals surface area contributed by atoms with Gasteiger partial charge in [-0.15, -0.1) is 0 Å². The molecule has 0 unspecified atom stereocenters. The highest BCUT2D eigenvalue weighted by molar-refractivity contribution is 5.98. The first-order valence-corrected chi connectivity index (χ1v) is 8.23. The lowest BCUT2D eigenvalue weighted by Gasteiger charge is -2.03. The van der Waals surface area contributed by atoms with Crippen LogP contribution in [0.2, 0.25) is 0 Å². The summed E-state index contributed by atoms with van der Waals surface area (Å²) in [6.45, 7) is 4.00. The van der Waals surface area contributed by atoms with E-state index >= 15 is 0 Å². The van der Waals surface area contributed by atoms with Crippen LogP contribution in [0.1, 0.15) is 22.3 Å². The number of rotatable bonds is 4. The van der Waals surface area contributed by atoms with E-state index in [1.807, 2.05) is 38.1 Å². The first-order chi connectivity index (χ1) is 13.0. The van der Waals surface area contributed by atoms with Crippen LogP contribution in [0.25, 0.3) is 22.6 Å². The Morgan fingerprint density at radius 1 is 0.704 bits per heavy atom. The van der Waals surface area contributed by atoms with E-state index in [4.69, 9.17) is 26.3 Å². The number of nitrogens with two attached hydrogens (primary N) is 2. The number of amidine groups is 2. The second kappa shape index (κ2) is 7.25. The molecule has 138 valence electrons. The van der Waals surface area contributed by atoms with Crippen LogP contribution in [-0.4, -0.2) is 22.1 Å². The van der Waals surface area contributed by atoms with Gasteiger partial charge in [-0.1, -0.05) is 58.8 Å². The van der Waals surface area contributed by atoms with Crippen LogP contribution in [0.4, 0.5) is 0 Å². The Morgan fingerprint density at radius 2 is 1.04 bits per heavy atom. The first-order valence-electron chi connectivity index (χ1n) is 8.23. The van der Waals surface area contributed by atoms with Crippen LogP contribution in [0.3, 0.4) is 0 Å². The molecule has 0 aliphatic heterocycles. The van der Waals surface area contributed by atoms with E-state index in [2.05, 4.69) is 10.3 Å². The lowest BCUT2D eigenvalue weighted by atomic mass is 10.0. The van der Waals surface area contributed by atoms with Gasteiger partial charge in [-0.2, -0.15) is 0 Å². The molecule has 1 aromatic heterocycles. The van der Waals surface area contributed by atoms with Gasteiger partial charge in [0.25, 0.3) is 0 Å². The van der Waals surface area contributed by atoms with Gasteiger partial charge in [0.2, 0.25) is 0 Å². The van der Waals surface area contributed by atoms with Gasteiger partial charge >= 0.3 is 0 Å². The fraction of sp³-hybridized carbons (Fsp3) is 0.100. The Hall–Kier alpha value is -3.74. The van der Waals surface area contributed by atoms with Crippen LogP contribution in [-0.2, 0) is 0 Å². The zero-order chi connectivity index (χ0) is 19.6. The fourth-order valence-corrected chi connectivity index (χ4v) is 2.85. The zero-order valence-electron chi connectivity index (χ0n) is 15.0. The number of hydrogen-bond acceptors (Lipinski definition) is 5. The van der Waals surface area contributed by atoms with Crippen molar-refractivity contribution in [3.05, 3.63) is 70.8 Å². The minimum absolute atomic E-state index is 0.0559. The normalized spacial score (nSPS) is 12.4. The van der Waals surface area contributed by atoms with Gasteiger partial charge < -0.3 is 26.3 Å². The molecular weight excluding hydrogens is 344 g/mol. The quantitative estimate of drug-likeness (QED) is 0.244. The predicted molar refractivity (Wildman–Crippen MR) is 104 cm³/mol. The molecule has 0 radical (unpaired) electrons. The van der Waals surface area contributed by atoms with Crippen molar-refractivity contribution in [3.8, 4) is 22.6 Å². The van der Waals surface area contributed by atoms with E-state index in [1.165, 1.54) is 0 Å². The average molecular weight is 364 g/mol. The summed E-state index contributed by atoms with van der Waals surface area (Å²) in [4.78, 5) is 0. The minimum atomic E-state index is 0.0559. The maximum Gasteiger partial charge on any atom is 0.170 e. The van der Waals surface area contributed by atoms with Crippen molar-refractivity contribution in [2.45, 2.75) is 13.8 Å². The van der Waals surface area contributed by atoms with Crippen molar-refractivity contribution in [1.82, 2.24) is 0 Å². The highest BCUT2D eigenvalue weighted by atomic mass is 16.4. The van der Waals surface area contributed by atoms with Crippen molar-refractivity contribution in [2.75, 3.05) is 0 Å². The first kappa shape index (κ1) is 18.1. The van der Waals surface area contributed by atoms with Gasteiger partial charge in [0.15, 0.2) is 11.7 Å². The van der Waals surface area contributed by atoms with E-state index in [9.17, 15) is 0 Å². The summed E-state index contributed by atoms with van der Waals surface area (Å²) in [6.07, 6.45) is 0. The minimum Gasteiger partial charge on any atom is -0.456 e. The second-order valence-electron chi connectivity index (χ2n) is 6.14. The molecule has 7 heteroatoms. The molecule has 0 spiro atoms. The summed E-state index contributed by atoms with van der Waals surface area (Å²) in [7, 11) is 0. The SMILES string of the molecule is Cc1c(-c2ccc(C(N)=NO)cc2)oc(-c2ccc(C(N)=NO)cc2)c1C. The molecule has 0 fully saturated rings. The summed E-state index contributed by atoms with van der Waals surface area (Å²) in [5.41, 5.74) is 16.3. The fourth-order valence-electron chi connectivity index (χ4n) is 2.85. The molecule has 0 saturated heterocycles. The molecular formula is C20H20N4O3. The Morgan fingerprint density at radius 3 is 1.33 bits per heavy atom. The summed E-state index contributed by atoms with van der Waals surface area (Å²) in [6, 6.07) is 14.5. The lowest BCUT2D eigenvalue weighted by Crippen LogP contribution is -2.12. The summed E-state index contributed by atoms with van der Waals surface area (Å²) >= 11 is 0. The summed E-state index contributed by atoms with van der Waals surface area (Å²) in [5.74, 6) is 1.63. The van der Waals surface area contributed by atoms with E-state index < -0.39 is 0 Å². The third-order valence-corrected chi connectivity index (χ3v) is 4.55. The largest absolute Gasteiger partial charge is 0.456 e. The van der Waals surface area contributed by atoms with Crippen molar-refractivity contribution in [3.63, 3.8) is 0 Å². The molecule has 6 N–H and O–H groups in total. The van der Waals surface area contributed by atoms with Crippen molar-refractivity contribution in [2.24, 2.45) is 21.8 Å². The molecule has 0 aliphatic carbocycles. The lowest BCUT2D eigenvalue weighted by molar-refractivity contribution is 0.318. The maximum absolute atomic E-state index is 8.77. The Kier molecular flexibility index (Phi) is 4.85. The van der Waals surface area contributed by atoms with Crippen LogP contribution in [0, 0.1) is 13.8 Å². The third kappa shape index (κ3) is 3.35. The number of nitrogens with zero attached hydrogens (tertiary/aromatic N) is 2. The molecule has 0 bridgehead atoms. The van der Waals surface area contributed by atoms with Gasteiger partial charge in [0.05, 0.1) is 0 Å². The van der Waals surface area contributed by atoms with E-state index in [1.54, 1.807) is 24.3 Å². The molecule has 7 nitrogen and oxygen atoms in total. The van der Waals surface area contributed by atoms with Crippen molar-refractivity contribution < 1.29 is 14.8 Å². The molecule has 27 heavy (non-hydrogen) atoms. The van der Waals surface area contributed by atoms with Gasteiger partial charge in [-0.25, -0.2) is 0 Å². The number of hydrogen-bond donors (Lipinski definition) is 4. The number of oxime groups is 2. The number of benzene rings is 2. The van der Waals surface area contributed by atoms with Gasteiger partial charge in [-0.05, 0) is 25.0 Å². The molecule has 3 aromatic rings. The Labute approximate surface area is 156 Å². The topological polar surface area (TPSA) is 130 Å². The van der Waals surface area contributed by atoms with E-state index in [0.717, 1.165) is 33.8 Å². The van der Waals surface area contributed by atoms with Gasteiger partial charge in [0.1, 0.15) is 11.5 Å². The van der Waals surface area contributed by atoms with Crippen molar-refractivity contribution >= 4 is 11.7 Å². The smallest absolute Gasteiger partial charge is 0.170 e. The molecule has 1 heterocycles. The zero-order valence-corrected chi connectivity index (χ0v) is 15.0. The monoisotopic (exact) mass is 364 g/mol. The average Bonchev–Trinajstić information content (AvgIpc) is 3.02. The highest BCUT2D eigenvalue weighted by Gasteiger charge is 2.17. The molecule has 0 atom stereocenters. The van der Waals surface area contributed by atoms with Crippen LogP contribution >= 0.6 is 0 Å². The standard InChI is InChI=1S/C20H20N4O3/c1-11-12(2)18(14-5-9-16(10-6-14)20(22)24-26)27-17(11)13-3-7-15(8-4-13)19(21)23-25/h3-10,25-26H,1-2H3,(H2,21,23)(H2,22,24). The van der Waals surface area contributed by atoms with Crippen LogP contribution < -0.4 is 11.5 Å². The molecule has 2 aromatic carbocycles. The van der Waals surface area contributed by atoms with E-state index in [-0.39, 0.29) is 11.7 Å². The predicted octanol–water partition coefficient (Wildman–Crippen LogP) is 3.42. The molecule has 0 amide bonds.